The maximum absolute atomic E-state index is 13.4. The quantitative estimate of drug-likeness (QED) is 0.573. The Morgan fingerprint density at radius 3 is 2.32 bits per heavy atom. The summed E-state index contributed by atoms with van der Waals surface area (Å²) in [4.78, 5) is 22.1. The molecule has 0 bridgehead atoms. The van der Waals surface area contributed by atoms with Gasteiger partial charge in [0, 0.05) is 18.0 Å². The van der Waals surface area contributed by atoms with Crippen molar-refractivity contribution >= 4 is 6.09 Å². The normalized spacial score (nSPS) is 17.1. The van der Waals surface area contributed by atoms with E-state index >= 15 is 0 Å². The molecular formula is C23H18F3N3O2. The maximum Gasteiger partial charge on any atom is 0.415 e. The number of hydrogen-bond donors (Lipinski definition) is 0. The van der Waals surface area contributed by atoms with Gasteiger partial charge in [0.15, 0.2) is 0 Å². The van der Waals surface area contributed by atoms with E-state index in [-0.39, 0.29) is 19.4 Å². The summed E-state index contributed by atoms with van der Waals surface area (Å²) in [6.45, 7) is 0.549. The van der Waals surface area contributed by atoms with Crippen molar-refractivity contribution in [2.24, 2.45) is 0 Å². The van der Waals surface area contributed by atoms with Gasteiger partial charge in [-0.25, -0.2) is 14.8 Å². The molecule has 1 aromatic heterocycles. The van der Waals surface area contributed by atoms with Gasteiger partial charge in [0.25, 0.3) is 0 Å². The summed E-state index contributed by atoms with van der Waals surface area (Å²) < 4.78 is 45.5. The first-order chi connectivity index (χ1) is 14.9. The molecule has 1 amide bonds. The average Bonchev–Trinajstić information content (AvgIpc) is 3.57. The van der Waals surface area contributed by atoms with Crippen LogP contribution < -0.4 is 4.74 Å². The van der Waals surface area contributed by atoms with Crippen molar-refractivity contribution < 1.29 is 22.7 Å². The van der Waals surface area contributed by atoms with Crippen LogP contribution in [-0.2, 0) is 18.5 Å². The molecule has 0 spiro atoms. The Balaban J connectivity index is 1.38. The van der Waals surface area contributed by atoms with Gasteiger partial charge >= 0.3 is 12.3 Å². The van der Waals surface area contributed by atoms with Crippen LogP contribution in [0.1, 0.15) is 29.8 Å². The fourth-order valence-corrected chi connectivity index (χ4v) is 3.96. The minimum absolute atomic E-state index is 0.140. The molecule has 0 saturated heterocycles. The highest BCUT2D eigenvalue weighted by Crippen LogP contribution is 2.58. The summed E-state index contributed by atoms with van der Waals surface area (Å²) in [5.74, 6) is 0.984. The summed E-state index contributed by atoms with van der Waals surface area (Å²) >= 11 is 0. The van der Waals surface area contributed by atoms with Crippen LogP contribution >= 0.6 is 0 Å². The molecule has 2 aliphatic rings. The molecule has 0 N–H and O–H groups in total. The number of fused-ring (bicyclic) bond motifs is 1. The van der Waals surface area contributed by atoms with Gasteiger partial charge in [-0.2, -0.15) is 13.2 Å². The number of carbonyl (C=O) groups excluding carboxylic acids is 1. The van der Waals surface area contributed by atoms with Crippen molar-refractivity contribution in [1.82, 2.24) is 14.9 Å². The van der Waals surface area contributed by atoms with Crippen molar-refractivity contribution in [2.75, 3.05) is 0 Å². The van der Waals surface area contributed by atoms with Crippen molar-refractivity contribution in [3.05, 3.63) is 77.9 Å². The third kappa shape index (κ3) is 3.52. The Bertz CT molecular complexity index is 1130. The molecular weight excluding hydrogens is 407 g/mol. The Labute approximate surface area is 176 Å². The molecule has 0 atom stereocenters. The second kappa shape index (κ2) is 7.08. The number of benzene rings is 2. The second-order valence-corrected chi connectivity index (χ2v) is 7.87. The summed E-state index contributed by atoms with van der Waals surface area (Å²) in [6, 6.07) is 13.7. The third-order valence-corrected chi connectivity index (χ3v) is 5.89. The number of nitrogens with zero attached hydrogens (tertiary/aromatic N) is 3. The molecule has 5 nitrogen and oxygen atoms in total. The van der Waals surface area contributed by atoms with E-state index in [4.69, 9.17) is 4.74 Å². The summed E-state index contributed by atoms with van der Waals surface area (Å²) in [5, 5.41) is 0. The number of aromatic nitrogens is 2. The standard InChI is InChI=1S/C23H18F3N3O2/c24-23(25,26)22(8-9-22)18-5-2-15(3-6-18)16-4-7-19-17(12-16)13-29(21(30)31-19)14-20-27-10-1-11-28-20/h1-7,10-12H,8-9,13-14H2. The maximum atomic E-state index is 13.4. The van der Waals surface area contributed by atoms with Gasteiger partial charge < -0.3 is 4.74 Å². The van der Waals surface area contributed by atoms with Crippen LogP contribution in [-0.4, -0.2) is 27.1 Å². The summed E-state index contributed by atoms with van der Waals surface area (Å²) in [7, 11) is 0. The van der Waals surface area contributed by atoms with Gasteiger partial charge in [-0.1, -0.05) is 30.3 Å². The predicted octanol–water partition coefficient (Wildman–Crippen LogP) is 5.25. The highest BCUT2D eigenvalue weighted by atomic mass is 19.4. The van der Waals surface area contributed by atoms with Gasteiger partial charge in [-0.15, -0.1) is 0 Å². The first kappa shape index (κ1) is 19.5. The fraction of sp³-hybridized carbons (Fsp3) is 0.261. The van der Waals surface area contributed by atoms with Gasteiger partial charge in [-0.05, 0) is 47.7 Å². The lowest BCUT2D eigenvalue weighted by atomic mass is 9.92. The second-order valence-electron chi connectivity index (χ2n) is 7.87. The minimum Gasteiger partial charge on any atom is -0.410 e. The smallest absolute Gasteiger partial charge is 0.410 e. The fourth-order valence-electron chi connectivity index (χ4n) is 3.96. The molecule has 3 aromatic rings. The molecule has 1 saturated carbocycles. The van der Waals surface area contributed by atoms with Crippen LogP contribution in [0.5, 0.6) is 5.75 Å². The van der Waals surface area contributed by atoms with Crippen LogP contribution in [0.15, 0.2) is 60.9 Å². The Morgan fingerprint density at radius 2 is 1.68 bits per heavy atom. The van der Waals surface area contributed by atoms with E-state index in [1.54, 1.807) is 54.9 Å². The Morgan fingerprint density at radius 1 is 1.00 bits per heavy atom. The number of alkyl halides is 3. The summed E-state index contributed by atoms with van der Waals surface area (Å²) in [6.07, 6.45) is -1.20. The zero-order valence-electron chi connectivity index (χ0n) is 16.4. The van der Waals surface area contributed by atoms with Crippen molar-refractivity contribution in [3.8, 4) is 16.9 Å². The van der Waals surface area contributed by atoms with E-state index in [1.807, 2.05) is 6.07 Å². The predicted molar refractivity (Wildman–Crippen MR) is 106 cm³/mol. The lowest BCUT2D eigenvalue weighted by Gasteiger charge is -2.27. The Kier molecular flexibility index (Phi) is 4.46. The number of amides is 1. The lowest BCUT2D eigenvalue weighted by Crippen LogP contribution is -2.36. The molecule has 5 rings (SSSR count). The van der Waals surface area contributed by atoms with Crippen molar-refractivity contribution in [3.63, 3.8) is 0 Å². The lowest BCUT2D eigenvalue weighted by molar-refractivity contribution is -0.160. The van der Waals surface area contributed by atoms with E-state index in [0.717, 1.165) is 16.7 Å². The van der Waals surface area contributed by atoms with Crippen LogP contribution in [0.25, 0.3) is 11.1 Å². The summed E-state index contributed by atoms with van der Waals surface area (Å²) in [5.41, 5.74) is 1.08. The Hall–Kier alpha value is -3.42. The molecule has 31 heavy (non-hydrogen) atoms. The number of halogens is 3. The average molecular weight is 425 g/mol. The molecule has 8 heteroatoms. The van der Waals surface area contributed by atoms with Gasteiger partial charge in [0.1, 0.15) is 11.6 Å². The molecule has 2 heterocycles. The molecule has 1 fully saturated rings. The van der Waals surface area contributed by atoms with Gasteiger partial charge in [-0.3, -0.25) is 4.90 Å². The van der Waals surface area contributed by atoms with E-state index in [2.05, 4.69) is 9.97 Å². The van der Waals surface area contributed by atoms with E-state index in [1.165, 1.54) is 4.90 Å². The van der Waals surface area contributed by atoms with Crippen LogP contribution in [0.2, 0.25) is 0 Å². The van der Waals surface area contributed by atoms with Crippen molar-refractivity contribution in [2.45, 2.75) is 37.5 Å². The van der Waals surface area contributed by atoms with Crippen LogP contribution in [0.3, 0.4) is 0 Å². The topological polar surface area (TPSA) is 55.3 Å². The van der Waals surface area contributed by atoms with E-state index in [0.29, 0.717) is 23.7 Å². The minimum atomic E-state index is -4.23. The first-order valence-corrected chi connectivity index (χ1v) is 9.89. The number of carbonyl (C=O) groups is 1. The number of rotatable bonds is 4. The molecule has 1 aliphatic carbocycles. The SMILES string of the molecule is O=C1Oc2ccc(-c3ccc(C4(C(F)(F)F)CC4)cc3)cc2CN1Cc1ncccn1. The molecule has 0 unspecified atom stereocenters. The first-order valence-electron chi connectivity index (χ1n) is 9.89. The van der Waals surface area contributed by atoms with E-state index < -0.39 is 17.7 Å². The monoisotopic (exact) mass is 425 g/mol. The zero-order chi connectivity index (χ0) is 21.6. The molecule has 0 radical (unpaired) electrons. The van der Waals surface area contributed by atoms with Crippen LogP contribution in [0, 0.1) is 0 Å². The molecule has 1 aliphatic heterocycles. The molecule has 2 aromatic carbocycles. The van der Waals surface area contributed by atoms with Crippen molar-refractivity contribution in [1.29, 1.82) is 0 Å². The molecule has 158 valence electrons. The highest BCUT2D eigenvalue weighted by molar-refractivity contribution is 5.75. The highest BCUT2D eigenvalue weighted by Gasteiger charge is 2.64. The van der Waals surface area contributed by atoms with Crippen LogP contribution in [0.4, 0.5) is 18.0 Å². The number of ether oxygens (including phenoxy) is 1. The number of hydrogen-bond acceptors (Lipinski definition) is 4. The van der Waals surface area contributed by atoms with Gasteiger partial charge in [0.05, 0.1) is 18.5 Å². The van der Waals surface area contributed by atoms with E-state index in [9.17, 15) is 18.0 Å². The third-order valence-electron chi connectivity index (χ3n) is 5.89. The van der Waals surface area contributed by atoms with Gasteiger partial charge in [0.2, 0.25) is 0 Å². The largest absolute Gasteiger partial charge is 0.415 e. The zero-order valence-corrected chi connectivity index (χ0v) is 16.4.